The Bertz CT molecular complexity index is 975. The van der Waals surface area contributed by atoms with Crippen LogP contribution < -0.4 is 32.9 Å². The number of ether oxygens (including phenoxy) is 1. The lowest BCUT2D eigenvalue weighted by molar-refractivity contribution is -0.141. The van der Waals surface area contributed by atoms with E-state index >= 15 is 0 Å². The topological polar surface area (TPSA) is 26.3 Å². The third-order valence-corrected chi connectivity index (χ3v) is 9.47. The summed E-state index contributed by atoms with van der Waals surface area (Å²) in [6, 6.07) is 41.0. The molecular formula is C27H24BrO2P. The van der Waals surface area contributed by atoms with Crippen LogP contribution in [0.2, 0.25) is 0 Å². The Morgan fingerprint density at radius 1 is 0.581 bits per heavy atom. The molecule has 2 nitrogen and oxygen atoms in total. The molecule has 4 aromatic carbocycles. The molecule has 0 aliphatic rings. The first-order chi connectivity index (χ1) is 14.8. The van der Waals surface area contributed by atoms with E-state index in [1.54, 1.807) is 0 Å². The van der Waals surface area contributed by atoms with Crippen molar-refractivity contribution in [3.8, 4) is 0 Å². The van der Waals surface area contributed by atoms with Crippen LogP contribution in [0.5, 0.6) is 0 Å². The molecule has 0 atom stereocenters. The molecule has 4 rings (SSSR count). The van der Waals surface area contributed by atoms with Crippen molar-refractivity contribution >= 4 is 29.1 Å². The largest absolute Gasteiger partial charge is 1.00 e. The molecule has 4 heteroatoms. The summed E-state index contributed by atoms with van der Waals surface area (Å²) < 4.78 is 5.74. The van der Waals surface area contributed by atoms with E-state index in [1.807, 2.05) is 84.9 Å². The van der Waals surface area contributed by atoms with Crippen LogP contribution in [0.25, 0.3) is 0 Å². The Morgan fingerprint density at radius 2 is 0.935 bits per heavy atom. The van der Waals surface area contributed by atoms with Crippen LogP contribution in [0.3, 0.4) is 0 Å². The molecule has 0 aliphatic carbocycles. The first-order valence-corrected chi connectivity index (χ1v) is 12.0. The Kier molecular flexibility index (Phi) is 8.17. The van der Waals surface area contributed by atoms with Gasteiger partial charge in [0.15, 0.2) is 6.16 Å². The number of hydrogen-bond acceptors (Lipinski definition) is 2. The highest BCUT2D eigenvalue weighted by molar-refractivity contribution is 7.96. The predicted molar refractivity (Wildman–Crippen MR) is 126 cm³/mol. The third-order valence-electron chi connectivity index (χ3n) is 5.20. The molecule has 0 heterocycles. The fraction of sp³-hybridized carbons (Fsp3) is 0.0741. The summed E-state index contributed by atoms with van der Waals surface area (Å²) in [6.07, 6.45) is 0.331. The number of rotatable bonds is 7. The Labute approximate surface area is 195 Å². The van der Waals surface area contributed by atoms with Crippen LogP contribution in [-0.2, 0) is 16.1 Å². The van der Waals surface area contributed by atoms with Gasteiger partial charge in [-0.25, -0.2) is 4.79 Å². The molecule has 0 spiro atoms. The van der Waals surface area contributed by atoms with Crippen molar-refractivity contribution in [1.29, 1.82) is 0 Å². The first-order valence-electron chi connectivity index (χ1n) is 10.0. The number of hydrogen-bond donors (Lipinski definition) is 0. The molecule has 0 unspecified atom stereocenters. The molecule has 0 bridgehead atoms. The highest BCUT2D eigenvalue weighted by Crippen LogP contribution is 2.55. The van der Waals surface area contributed by atoms with Crippen molar-refractivity contribution in [2.75, 3.05) is 6.16 Å². The van der Waals surface area contributed by atoms with Crippen molar-refractivity contribution in [2.24, 2.45) is 0 Å². The number of benzene rings is 4. The zero-order chi connectivity index (χ0) is 20.7. The lowest BCUT2D eigenvalue weighted by atomic mass is 10.2. The van der Waals surface area contributed by atoms with Gasteiger partial charge < -0.3 is 21.7 Å². The molecule has 0 saturated heterocycles. The number of esters is 1. The van der Waals surface area contributed by atoms with Crippen molar-refractivity contribution in [1.82, 2.24) is 0 Å². The minimum Gasteiger partial charge on any atom is -1.00 e. The molecule has 31 heavy (non-hydrogen) atoms. The van der Waals surface area contributed by atoms with Gasteiger partial charge in [0.25, 0.3) is 0 Å². The molecule has 0 fully saturated rings. The van der Waals surface area contributed by atoms with E-state index in [1.165, 1.54) is 15.9 Å². The van der Waals surface area contributed by atoms with Gasteiger partial charge in [-0.05, 0) is 42.0 Å². The highest BCUT2D eigenvalue weighted by Gasteiger charge is 2.47. The molecule has 0 aliphatic heterocycles. The normalized spacial score (nSPS) is 10.7. The Hall–Kier alpha value is -2.74. The second kappa shape index (κ2) is 11.0. The monoisotopic (exact) mass is 490 g/mol. The fourth-order valence-electron chi connectivity index (χ4n) is 3.75. The lowest BCUT2D eigenvalue weighted by Gasteiger charge is -2.26. The summed E-state index contributed by atoms with van der Waals surface area (Å²) in [5.74, 6) is -0.177. The Morgan fingerprint density at radius 3 is 1.32 bits per heavy atom. The second-order valence-corrected chi connectivity index (χ2v) is 10.6. The van der Waals surface area contributed by atoms with E-state index in [0.717, 1.165) is 5.56 Å². The van der Waals surface area contributed by atoms with E-state index in [2.05, 4.69) is 36.4 Å². The summed E-state index contributed by atoms with van der Waals surface area (Å²) in [7, 11) is -2.21. The van der Waals surface area contributed by atoms with Crippen LogP contribution >= 0.6 is 7.26 Å². The van der Waals surface area contributed by atoms with E-state index < -0.39 is 7.26 Å². The van der Waals surface area contributed by atoms with Gasteiger partial charge in [0.2, 0.25) is 0 Å². The molecule has 0 aromatic heterocycles. The molecule has 0 N–H and O–H groups in total. The average Bonchev–Trinajstić information content (AvgIpc) is 2.83. The van der Waals surface area contributed by atoms with E-state index in [0.29, 0.717) is 6.16 Å². The SMILES string of the molecule is O=C(C[P+](c1ccccc1)(c1ccccc1)c1ccccc1)OCc1ccccc1.[Br-]. The molecule has 0 amide bonds. The maximum atomic E-state index is 13.2. The summed E-state index contributed by atoms with van der Waals surface area (Å²) in [5, 5.41) is 3.54. The minimum absolute atomic E-state index is 0. The summed E-state index contributed by atoms with van der Waals surface area (Å²) in [6.45, 7) is 0.290. The summed E-state index contributed by atoms with van der Waals surface area (Å²) >= 11 is 0. The van der Waals surface area contributed by atoms with Gasteiger partial charge >= 0.3 is 5.97 Å². The van der Waals surface area contributed by atoms with E-state index in [4.69, 9.17) is 4.74 Å². The lowest BCUT2D eigenvalue weighted by Crippen LogP contribution is -3.00. The Balaban J connectivity index is 0.00000272. The molecule has 0 saturated carbocycles. The van der Waals surface area contributed by atoms with Crippen molar-refractivity contribution < 1.29 is 26.5 Å². The zero-order valence-corrected chi connectivity index (χ0v) is 19.6. The van der Waals surface area contributed by atoms with Crippen molar-refractivity contribution in [3.05, 3.63) is 127 Å². The third kappa shape index (κ3) is 5.31. The molecular weight excluding hydrogens is 467 g/mol. The predicted octanol–water partition coefficient (Wildman–Crippen LogP) is 1.73. The van der Waals surface area contributed by atoms with E-state index in [9.17, 15) is 4.79 Å². The maximum absolute atomic E-state index is 13.2. The van der Waals surface area contributed by atoms with Crippen LogP contribution in [0.4, 0.5) is 0 Å². The molecule has 156 valence electrons. The van der Waals surface area contributed by atoms with Gasteiger partial charge in [-0.2, -0.15) is 0 Å². The van der Waals surface area contributed by atoms with Crippen LogP contribution in [-0.4, -0.2) is 12.1 Å². The number of halogens is 1. The van der Waals surface area contributed by atoms with Gasteiger partial charge in [-0.15, -0.1) is 0 Å². The zero-order valence-electron chi connectivity index (χ0n) is 17.1. The average molecular weight is 491 g/mol. The number of carbonyl (C=O) groups excluding carboxylic acids is 1. The van der Waals surface area contributed by atoms with Gasteiger partial charge in [-0.1, -0.05) is 84.9 Å². The first kappa shape index (κ1) is 22.9. The standard InChI is InChI=1S/C27H24O2P.BrH/c28-27(29-21-23-13-5-1-6-14-23)22-30(24-15-7-2-8-16-24,25-17-9-3-10-18-25)26-19-11-4-12-20-26;/h1-20H,21-22H2;1H/q+1;/p-1. The van der Waals surface area contributed by atoms with Gasteiger partial charge in [-0.3, -0.25) is 0 Å². The second-order valence-electron chi connectivity index (χ2n) is 7.12. The number of carbonyl (C=O) groups is 1. The van der Waals surface area contributed by atoms with Crippen molar-refractivity contribution in [2.45, 2.75) is 6.61 Å². The summed E-state index contributed by atoms with van der Waals surface area (Å²) in [5.41, 5.74) is 0.994. The van der Waals surface area contributed by atoms with Crippen LogP contribution in [0.15, 0.2) is 121 Å². The van der Waals surface area contributed by atoms with Gasteiger partial charge in [0.1, 0.15) is 29.8 Å². The fourth-order valence-corrected chi connectivity index (χ4v) is 7.71. The minimum atomic E-state index is -2.21. The van der Waals surface area contributed by atoms with E-state index in [-0.39, 0.29) is 29.6 Å². The highest BCUT2D eigenvalue weighted by atomic mass is 79.9. The summed E-state index contributed by atoms with van der Waals surface area (Å²) in [4.78, 5) is 13.2. The molecule has 4 aromatic rings. The smallest absolute Gasteiger partial charge is 0.345 e. The van der Waals surface area contributed by atoms with Gasteiger partial charge in [0.05, 0.1) is 0 Å². The quantitative estimate of drug-likeness (QED) is 0.291. The van der Waals surface area contributed by atoms with Crippen molar-refractivity contribution in [3.63, 3.8) is 0 Å². The van der Waals surface area contributed by atoms with Crippen LogP contribution in [0, 0.1) is 0 Å². The molecule has 0 radical (unpaired) electrons. The van der Waals surface area contributed by atoms with Gasteiger partial charge in [0, 0.05) is 0 Å². The maximum Gasteiger partial charge on any atom is 0.345 e. The van der Waals surface area contributed by atoms with Crippen LogP contribution in [0.1, 0.15) is 5.56 Å².